The molecule has 0 aliphatic carbocycles. The lowest BCUT2D eigenvalue weighted by atomic mass is 10.00. The maximum atomic E-state index is 13.7. The van der Waals surface area contributed by atoms with Crippen LogP contribution < -0.4 is 5.73 Å². The average molecular weight is 359 g/mol. The van der Waals surface area contributed by atoms with E-state index >= 15 is 0 Å². The molecule has 21 heavy (non-hydrogen) atoms. The van der Waals surface area contributed by atoms with E-state index in [-0.39, 0.29) is 18.4 Å². The Kier molecular flexibility index (Phi) is 4.58. The van der Waals surface area contributed by atoms with Crippen LogP contribution in [0.1, 0.15) is 44.4 Å². The Hall–Kier alpha value is -1.14. The summed E-state index contributed by atoms with van der Waals surface area (Å²) in [4.78, 5) is 13.8. The van der Waals surface area contributed by atoms with Crippen molar-refractivity contribution in [2.24, 2.45) is 5.73 Å². The summed E-state index contributed by atoms with van der Waals surface area (Å²) in [7, 11) is 0. The number of hydrogen-bond acceptors (Lipinski definition) is 3. The lowest BCUT2D eigenvalue weighted by molar-refractivity contribution is 0.0234. The van der Waals surface area contributed by atoms with Gasteiger partial charge in [0, 0.05) is 12.6 Å². The van der Waals surface area contributed by atoms with E-state index in [1.165, 1.54) is 6.07 Å². The number of amides is 1. The van der Waals surface area contributed by atoms with Gasteiger partial charge in [0.1, 0.15) is 11.4 Å². The van der Waals surface area contributed by atoms with Crippen molar-refractivity contribution in [2.75, 3.05) is 6.54 Å². The quantitative estimate of drug-likeness (QED) is 0.768. The topological polar surface area (TPSA) is 55.6 Å². The van der Waals surface area contributed by atoms with Gasteiger partial charge in [-0.25, -0.2) is 9.18 Å². The monoisotopic (exact) mass is 358 g/mol. The van der Waals surface area contributed by atoms with Crippen molar-refractivity contribution in [1.82, 2.24) is 4.90 Å². The maximum Gasteiger partial charge on any atom is 0.410 e. The van der Waals surface area contributed by atoms with Gasteiger partial charge < -0.3 is 15.4 Å². The van der Waals surface area contributed by atoms with E-state index in [0.29, 0.717) is 23.0 Å². The Morgan fingerprint density at radius 3 is 2.76 bits per heavy atom. The predicted molar refractivity (Wildman–Crippen MR) is 82.3 cm³/mol. The van der Waals surface area contributed by atoms with Crippen molar-refractivity contribution in [3.05, 3.63) is 33.5 Å². The van der Waals surface area contributed by atoms with Gasteiger partial charge in [-0.05, 0) is 60.3 Å². The summed E-state index contributed by atoms with van der Waals surface area (Å²) < 4.78 is 19.5. The molecular formula is C15H20BrFN2O2. The summed E-state index contributed by atoms with van der Waals surface area (Å²) in [6, 6.07) is 2.87. The lowest BCUT2D eigenvalue weighted by Crippen LogP contribution is -2.36. The van der Waals surface area contributed by atoms with Crippen LogP contribution in [0.15, 0.2) is 16.6 Å². The smallest absolute Gasteiger partial charge is 0.410 e. The number of nitrogens with two attached hydrogens (primary N) is 1. The Morgan fingerprint density at radius 2 is 2.14 bits per heavy atom. The van der Waals surface area contributed by atoms with E-state index in [2.05, 4.69) is 15.9 Å². The fraction of sp³-hybridized carbons (Fsp3) is 0.533. The second kappa shape index (κ2) is 5.93. The molecular weight excluding hydrogens is 339 g/mol. The van der Waals surface area contributed by atoms with Crippen molar-refractivity contribution < 1.29 is 13.9 Å². The Balaban J connectivity index is 2.30. The first kappa shape index (κ1) is 16.2. The van der Waals surface area contributed by atoms with Crippen molar-refractivity contribution in [3.63, 3.8) is 0 Å². The largest absolute Gasteiger partial charge is 0.444 e. The molecule has 1 aliphatic rings. The van der Waals surface area contributed by atoms with Crippen LogP contribution in [0.25, 0.3) is 0 Å². The van der Waals surface area contributed by atoms with Crippen LogP contribution in [-0.2, 0) is 11.3 Å². The second-order valence-electron chi connectivity index (χ2n) is 6.23. The highest BCUT2D eigenvalue weighted by molar-refractivity contribution is 9.10. The second-order valence-corrected chi connectivity index (χ2v) is 7.02. The number of rotatable bonds is 0. The van der Waals surface area contributed by atoms with Crippen molar-refractivity contribution in [3.8, 4) is 0 Å². The van der Waals surface area contributed by atoms with Crippen LogP contribution in [0, 0.1) is 5.82 Å². The van der Waals surface area contributed by atoms with Gasteiger partial charge in [0.25, 0.3) is 0 Å². The van der Waals surface area contributed by atoms with Gasteiger partial charge in [-0.15, -0.1) is 0 Å². The van der Waals surface area contributed by atoms with Gasteiger partial charge in [0.2, 0.25) is 0 Å². The first-order valence-electron chi connectivity index (χ1n) is 6.89. The molecule has 0 radical (unpaired) electrons. The number of hydrogen-bond donors (Lipinski definition) is 1. The molecule has 1 amide bonds. The SMILES string of the molecule is CC(C)(C)OC(=O)N1CC[C@H](N)c2ccc(F)c(Br)c2C1. The standard InChI is InChI=1S/C15H20BrFN2O2/c1-15(2,3)21-14(20)19-7-6-12(18)9-4-5-11(17)13(16)10(9)8-19/h4-5,12H,6-8,18H2,1-3H3/t12-/m0/s1. The van der Waals surface area contributed by atoms with Crippen LogP contribution in [0.4, 0.5) is 9.18 Å². The van der Waals surface area contributed by atoms with Crippen LogP contribution in [-0.4, -0.2) is 23.1 Å². The molecule has 0 saturated carbocycles. The molecule has 1 aromatic carbocycles. The van der Waals surface area contributed by atoms with Gasteiger partial charge in [-0.1, -0.05) is 6.07 Å². The number of ether oxygens (including phenoxy) is 1. The molecule has 1 aliphatic heterocycles. The summed E-state index contributed by atoms with van der Waals surface area (Å²) in [5.74, 6) is -0.355. The first-order chi connectivity index (χ1) is 9.69. The van der Waals surface area contributed by atoms with Gasteiger partial charge in [-0.2, -0.15) is 0 Å². The predicted octanol–water partition coefficient (Wildman–Crippen LogP) is 3.73. The minimum absolute atomic E-state index is 0.218. The summed E-state index contributed by atoms with van der Waals surface area (Å²) in [6.45, 7) is 6.23. The number of benzene rings is 1. The molecule has 2 N–H and O–H groups in total. The summed E-state index contributed by atoms with van der Waals surface area (Å²) >= 11 is 3.26. The zero-order valence-electron chi connectivity index (χ0n) is 12.5. The first-order valence-corrected chi connectivity index (χ1v) is 7.68. The van der Waals surface area contributed by atoms with E-state index in [1.807, 2.05) is 20.8 Å². The minimum Gasteiger partial charge on any atom is -0.444 e. The third-order valence-electron chi connectivity index (χ3n) is 3.34. The molecule has 0 fully saturated rings. The normalized spacial score (nSPS) is 19.0. The Labute approximate surface area is 132 Å². The van der Waals surface area contributed by atoms with Gasteiger partial charge in [0.15, 0.2) is 0 Å². The van der Waals surface area contributed by atoms with Gasteiger partial charge in [0.05, 0.1) is 11.0 Å². The molecule has 4 nitrogen and oxygen atoms in total. The molecule has 0 bridgehead atoms. The number of fused-ring (bicyclic) bond motifs is 1. The molecule has 0 saturated heterocycles. The lowest BCUT2D eigenvalue weighted by Gasteiger charge is -2.26. The third-order valence-corrected chi connectivity index (χ3v) is 4.20. The number of nitrogens with zero attached hydrogens (tertiary/aromatic N) is 1. The van der Waals surface area contributed by atoms with Gasteiger partial charge in [-0.3, -0.25) is 0 Å². The molecule has 2 rings (SSSR count). The van der Waals surface area contributed by atoms with Crippen molar-refractivity contribution in [1.29, 1.82) is 0 Å². The number of carbonyl (C=O) groups is 1. The van der Waals surface area contributed by atoms with E-state index in [4.69, 9.17) is 10.5 Å². The average Bonchev–Trinajstić information content (AvgIpc) is 2.52. The molecule has 0 spiro atoms. The summed E-state index contributed by atoms with van der Waals surface area (Å²) in [5.41, 5.74) is 7.15. The van der Waals surface area contributed by atoms with E-state index in [0.717, 1.165) is 5.56 Å². The van der Waals surface area contributed by atoms with E-state index in [9.17, 15) is 9.18 Å². The zero-order valence-corrected chi connectivity index (χ0v) is 14.0. The van der Waals surface area contributed by atoms with Crippen LogP contribution >= 0.6 is 15.9 Å². The molecule has 1 atom stereocenters. The molecule has 0 unspecified atom stereocenters. The molecule has 1 aromatic rings. The maximum absolute atomic E-state index is 13.7. The summed E-state index contributed by atoms with van der Waals surface area (Å²) in [5, 5.41) is 0. The Morgan fingerprint density at radius 1 is 1.48 bits per heavy atom. The van der Waals surface area contributed by atoms with E-state index in [1.54, 1.807) is 11.0 Å². The highest BCUT2D eigenvalue weighted by atomic mass is 79.9. The highest BCUT2D eigenvalue weighted by Crippen LogP contribution is 2.32. The summed E-state index contributed by atoms with van der Waals surface area (Å²) in [6.07, 6.45) is 0.211. The number of halogens is 2. The zero-order chi connectivity index (χ0) is 15.8. The van der Waals surface area contributed by atoms with Crippen LogP contribution in [0.2, 0.25) is 0 Å². The molecule has 1 heterocycles. The van der Waals surface area contributed by atoms with Crippen molar-refractivity contribution >= 4 is 22.0 Å². The fourth-order valence-corrected chi connectivity index (χ4v) is 2.80. The molecule has 0 aromatic heterocycles. The fourth-order valence-electron chi connectivity index (χ4n) is 2.32. The Bertz CT molecular complexity index is 557. The molecule has 6 heteroatoms. The van der Waals surface area contributed by atoms with E-state index < -0.39 is 11.7 Å². The number of carbonyl (C=O) groups excluding carboxylic acids is 1. The van der Waals surface area contributed by atoms with Crippen LogP contribution in [0.3, 0.4) is 0 Å². The molecule has 116 valence electrons. The highest BCUT2D eigenvalue weighted by Gasteiger charge is 2.28. The van der Waals surface area contributed by atoms with Crippen molar-refractivity contribution in [2.45, 2.75) is 45.4 Å². The van der Waals surface area contributed by atoms with Crippen LogP contribution in [0.5, 0.6) is 0 Å². The minimum atomic E-state index is -0.562. The van der Waals surface area contributed by atoms with Gasteiger partial charge >= 0.3 is 6.09 Å². The third kappa shape index (κ3) is 3.74.